The third-order valence-electron chi connectivity index (χ3n) is 4.33. The Morgan fingerprint density at radius 2 is 2.00 bits per heavy atom. The van der Waals surface area contributed by atoms with E-state index in [1.54, 1.807) is 28.2 Å². The molecular formula is C19H22N2O2S. The van der Waals surface area contributed by atoms with Crippen molar-refractivity contribution in [3.63, 3.8) is 0 Å². The molecule has 0 spiro atoms. The lowest BCUT2D eigenvalue weighted by Gasteiger charge is -2.25. The first-order valence-corrected chi connectivity index (χ1v) is 9.04. The van der Waals surface area contributed by atoms with Crippen molar-refractivity contribution in [2.24, 2.45) is 0 Å². The van der Waals surface area contributed by atoms with E-state index in [0.717, 1.165) is 29.0 Å². The number of anilines is 1. The molecule has 1 aromatic heterocycles. The number of fused-ring (bicyclic) bond motifs is 1. The lowest BCUT2D eigenvalue weighted by atomic mass is 10.1. The smallest absolute Gasteiger partial charge is 0.242 e. The normalized spacial score (nSPS) is 14.2. The SMILES string of the molecule is Cc1ccc(CN(C)C(=O)CN2C(=O)CCCc3ccccc32)s1. The van der Waals surface area contributed by atoms with Gasteiger partial charge in [0.25, 0.3) is 0 Å². The summed E-state index contributed by atoms with van der Waals surface area (Å²) in [5.74, 6) is -0.000209. The van der Waals surface area contributed by atoms with Crippen LogP contribution in [0.25, 0.3) is 0 Å². The minimum absolute atomic E-state index is 0.0358. The van der Waals surface area contributed by atoms with Crippen molar-refractivity contribution in [2.45, 2.75) is 32.7 Å². The van der Waals surface area contributed by atoms with Crippen LogP contribution in [0.15, 0.2) is 36.4 Å². The van der Waals surface area contributed by atoms with Gasteiger partial charge in [0.05, 0.1) is 6.54 Å². The van der Waals surface area contributed by atoms with E-state index in [1.165, 1.54) is 4.88 Å². The van der Waals surface area contributed by atoms with Gasteiger partial charge in [-0.1, -0.05) is 18.2 Å². The zero-order valence-electron chi connectivity index (χ0n) is 14.1. The van der Waals surface area contributed by atoms with E-state index in [0.29, 0.717) is 13.0 Å². The van der Waals surface area contributed by atoms with Crippen molar-refractivity contribution in [3.8, 4) is 0 Å². The molecule has 0 atom stereocenters. The van der Waals surface area contributed by atoms with Gasteiger partial charge in [0, 0.05) is 28.9 Å². The number of hydrogen-bond acceptors (Lipinski definition) is 3. The van der Waals surface area contributed by atoms with Gasteiger partial charge in [-0.25, -0.2) is 0 Å². The van der Waals surface area contributed by atoms with Crippen molar-refractivity contribution in [3.05, 3.63) is 51.7 Å². The van der Waals surface area contributed by atoms with Crippen molar-refractivity contribution >= 4 is 28.8 Å². The number of carbonyl (C=O) groups is 2. The third kappa shape index (κ3) is 3.67. The molecule has 3 rings (SSSR count). The molecule has 126 valence electrons. The number of rotatable bonds is 4. The molecule has 24 heavy (non-hydrogen) atoms. The lowest BCUT2D eigenvalue weighted by molar-refractivity contribution is -0.130. The second-order valence-electron chi connectivity index (χ2n) is 6.22. The van der Waals surface area contributed by atoms with Crippen LogP contribution in [0.3, 0.4) is 0 Å². The van der Waals surface area contributed by atoms with Crippen LogP contribution in [0.2, 0.25) is 0 Å². The molecule has 0 bridgehead atoms. The zero-order chi connectivity index (χ0) is 17.1. The molecule has 0 radical (unpaired) electrons. The summed E-state index contributed by atoms with van der Waals surface area (Å²) >= 11 is 1.70. The monoisotopic (exact) mass is 342 g/mol. The maximum Gasteiger partial charge on any atom is 0.242 e. The van der Waals surface area contributed by atoms with Crippen LogP contribution in [0.5, 0.6) is 0 Å². The summed E-state index contributed by atoms with van der Waals surface area (Å²) < 4.78 is 0. The van der Waals surface area contributed by atoms with Crippen LogP contribution in [-0.2, 0) is 22.6 Å². The molecule has 0 unspecified atom stereocenters. The Labute approximate surface area is 146 Å². The molecule has 1 aliphatic rings. The van der Waals surface area contributed by atoms with Gasteiger partial charge in [0.2, 0.25) is 11.8 Å². The van der Waals surface area contributed by atoms with Gasteiger partial charge in [0.15, 0.2) is 0 Å². The van der Waals surface area contributed by atoms with E-state index >= 15 is 0 Å². The highest BCUT2D eigenvalue weighted by Gasteiger charge is 2.25. The zero-order valence-corrected chi connectivity index (χ0v) is 14.9. The average molecular weight is 342 g/mol. The van der Waals surface area contributed by atoms with Gasteiger partial charge in [-0.05, 0) is 43.5 Å². The second-order valence-corrected chi connectivity index (χ2v) is 7.60. The molecule has 1 aromatic carbocycles. The van der Waals surface area contributed by atoms with E-state index in [2.05, 4.69) is 19.1 Å². The Morgan fingerprint density at radius 1 is 1.21 bits per heavy atom. The molecule has 2 aromatic rings. The Kier molecular flexibility index (Phi) is 5.00. The van der Waals surface area contributed by atoms with E-state index in [1.807, 2.05) is 24.3 Å². The molecule has 0 saturated heterocycles. The van der Waals surface area contributed by atoms with Crippen LogP contribution in [0, 0.1) is 6.92 Å². The fourth-order valence-electron chi connectivity index (χ4n) is 3.01. The minimum atomic E-state index is -0.0360. The van der Waals surface area contributed by atoms with Crippen molar-refractivity contribution < 1.29 is 9.59 Å². The van der Waals surface area contributed by atoms with Gasteiger partial charge >= 0.3 is 0 Å². The minimum Gasteiger partial charge on any atom is -0.339 e. The summed E-state index contributed by atoms with van der Waals surface area (Å²) in [5, 5.41) is 0. The number of hydrogen-bond donors (Lipinski definition) is 0. The van der Waals surface area contributed by atoms with E-state index < -0.39 is 0 Å². The fraction of sp³-hybridized carbons (Fsp3) is 0.368. The average Bonchev–Trinajstić information content (AvgIpc) is 2.90. The van der Waals surface area contributed by atoms with E-state index in [4.69, 9.17) is 0 Å². The predicted octanol–water partition coefficient (Wildman–Crippen LogP) is 3.38. The molecule has 2 amide bonds. The highest BCUT2D eigenvalue weighted by Crippen LogP contribution is 2.26. The molecule has 0 saturated carbocycles. The number of amides is 2. The highest BCUT2D eigenvalue weighted by molar-refractivity contribution is 7.11. The first-order chi connectivity index (χ1) is 11.5. The fourth-order valence-corrected chi connectivity index (χ4v) is 3.95. The van der Waals surface area contributed by atoms with Gasteiger partial charge in [0.1, 0.15) is 6.54 Å². The van der Waals surface area contributed by atoms with Gasteiger partial charge in [-0.3, -0.25) is 9.59 Å². The number of nitrogens with zero attached hydrogens (tertiary/aromatic N) is 2. The second kappa shape index (κ2) is 7.18. The molecule has 0 N–H and O–H groups in total. The van der Waals surface area contributed by atoms with Crippen molar-refractivity contribution in [2.75, 3.05) is 18.5 Å². The Morgan fingerprint density at radius 3 is 2.75 bits per heavy atom. The first-order valence-electron chi connectivity index (χ1n) is 8.22. The van der Waals surface area contributed by atoms with E-state index in [9.17, 15) is 9.59 Å². The van der Waals surface area contributed by atoms with Crippen LogP contribution in [-0.4, -0.2) is 30.3 Å². The van der Waals surface area contributed by atoms with Crippen LogP contribution in [0.4, 0.5) is 5.69 Å². The summed E-state index contributed by atoms with van der Waals surface area (Å²) in [7, 11) is 1.80. The number of carbonyl (C=O) groups excluding carboxylic acids is 2. The number of thiophene rings is 1. The Hall–Kier alpha value is -2.14. The molecule has 0 aliphatic carbocycles. The summed E-state index contributed by atoms with van der Waals surface area (Å²) in [4.78, 5) is 30.8. The molecule has 1 aliphatic heterocycles. The largest absolute Gasteiger partial charge is 0.339 e. The number of benzene rings is 1. The van der Waals surface area contributed by atoms with Gasteiger partial charge < -0.3 is 9.80 Å². The highest BCUT2D eigenvalue weighted by atomic mass is 32.1. The molecular weight excluding hydrogens is 320 g/mol. The van der Waals surface area contributed by atoms with Crippen LogP contribution >= 0.6 is 11.3 Å². The summed E-state index contributed by atoms with van der Waals surface area (Å²) in [5.41, 5.74) is 2.03. The third-order valence-corrected chi connectivity index (χ3v) is 5.31. The molecule has 2 heterocycles. The Balaban J connectivity index is 1.73. The first kappa shape index (κ1) is 16.7. The molecule has 4 nitrogen and oxygen atoms in total. The van der Waals surface area contributed by atoms with Crippen LogP contribution in [0.1, 0.15) is 28.2 Å². The number of para-hydroxylation sites is 1. The quantitative estimate of drug-likeness (QED) is 0.854. The standard InChI is InChI=1S/C19H22N2O2S/c1-14-10-11-16(24-14)12-20(2)19(23)13-21-17-8-4-3-6-15(17)7-5-9-18(21)22/h3-4,6,8,10-11H,5,7,9,12-13H2,1-2H3. The van der Waals surface area contributed by atoms with Crippen molar-refractivity contribution in [1.29, 1.82) is 0 Å². The summed E-state index contributed by atoms with van der Waals surface area (Å²) in [6.07, 6.45) is 2.22. The molecule has 0 fully saturated rings. The van der Waals surface area contributed by atoms with Gasteiger partial charge in [-0.2, -0.15) is 0 Å². The summed E-state index contributed by atoms with van der Waals surface area (Å²) in [6, 6.07) is 12.0. The van der Waals surface area contributed by atoms with Crippen molar-refractivity contribution in [1.82, 2.24) is 4.90 Å². The summed E-state index contributed by atoms with van der Waals surface area (Å²) in [6.45, 7) is 2.75. The van der Waals surface area contributed by atoms with Gasteiger partial charge in [-0.15, -0.1) is 11.3 Å². The maximum absolute atomic E-state index is 12.6. The Bertz CT molecular complexity index is 753. The maximum atomic E-state index is 12.6. The number of likely N-dealkylation sites (N-methyl/N-ethyl adjacent to an activating group) is 1. The van der Waals surface area contributed by atoms with E-state index in [-0.39, 0.29) is 18.4 Å². The van der Waals surface area contributed by atoms with Crippen LogP contribution < -0.4 is 4.90 Å². The predicted molar refractivity (Wildman–Crippen MR) is 97.3 cm³/mol. The topological polar surface area (TPSA) is 40.6 Å². The number of aryl methyl sites for hydroxylation is 2. The molecule has 5 heteroatoms. The lowest BCUT2D eigenvalue weighted by Crippen LogP contribution is -2.41.